The van der Waals surface area contributed by atoms with E-state index in [1.54, 1.807) is 41.6 Å². The minimum Gasteiger partial charge on any atom is -0.475 e. The van der Waals surface area contributed by atoms with Gasteiger partial charge in [0.15, 0.2) is 5.65 Å². The molecule has 3 heterocycles. The van der Waals surface area contributed by atoms with Gasteiger partial charge in [-0.3, -0.25) is 13.9 Å². The van der Waals surface area contributed by atoms with E-state index in [1.165, 1.54) is 6.20 Å². The molecule has 0 radical (unpaired) electrons. The van der Waals surface area contributed by atoms with E-state index in [2.05, 4.69) is 20.5 Å². The predicted octanol–water partition coefficient (Wildman–Crippen LogP) is 2.00. The molecular formula is C22H28N6O4. The zero-order chi connectivity index (χ0) is 22.5. The summed E-state index contributed by atoms with van der Waals surface area (Å²) in [5, 5.41) is 10.4. The van der Waals surface area contributed by atoms with E-state index in [1.807, 2.05) is 6.07 Å². The Morgan fingerprint density at radius 2 is 1.97 bits per heavy atom. The highest BCUT2D eigenvalue weighted by Crippen LogP contribution is 2.31. The molecule has 1 fully saturated rings. The number of aryl methyl sites for hydroxylation is 1. The normalized spacial score (nSPS) is 18.6. The number of carbonyl (C=O) groups is 1. The van der Waals surface area contributed by atoms with Gasteiger partial charge in [-0.1, -0.05) is 0 Å². The minimum atomic E-state index is -0.0911. The number of carbonyl (C=O) groups excluding carboxylic acids is 1. The van der Waals surface area contributed by atoms with Crippen LogP contribution in [-0.2, 0) is 23.1 Å². The molecule has 10 nitrogen and oxygen atoms in total. The number of rotatable bonds is 8. The zero-order valence-electron chi connectivity index (χ0n) is 18.4. The topological polar surface area (TPSA) is 113 Å². The molecule has 0 spiro atoms. The monoisotopic (exact) mass is 440 g/mol. The highest BCUT2D eigenvalue weighted by atomic mass is 16.5. The molecule has 1 N–H and O–H groups in total. The maximum Gasteiger partial charge on any atom is 0.330 e. The van der Waals surface area contributed by atoms with Crippen LogP contribution >= 0.6 is 0 Å². The summed E-state index contributed by atoms with van der Waals surface area (Å²) >= 11 is 0. The molecule has 0 aromatic carbocycles. The average Bonchev–Trinajstić information content (AvgIpc) is 3.05. The van der Waals surface area contributed by atoms with Crippen LogP contribution < -0.4 is 15.7 Å². The standard InChI is InChI=1S/C22H28N6O4/c1-27-18-7-8-19(32-12-11-31-2)26-20(18)28(22(27)30)14-15-3-5-16(6-4-15)21(29)25-17-9-10-23-24-13-17/h7-10,13,15-16H,3-6,11-12,14H2,1-2H3,(H,23,25,29)/t15-,16-. The van der Waals surface area contributed by atoms with Gasteiger partial charge in [0.05, 0.1) is 30.2 Å². The largest absolute Gasteiger partial charge is 0.475 e. The van der Waals surface area contributed by atoms with Crippen LogP contribution in [0.2, 0.25) is 0 Å². The molecule has 0 saturated heterocycles. The lowest BCUT2D eigenvalue weighted by atomic mass is 9.81. The molecule has 10 heteroatoms. The quantitative estimate of drug-likeness (QED) is 0.533. The van der Waals surface area contributed by atoms with Crippen LogP contribution in [0.4, 0.5) is 5.69 Å². The Morgan fingerprint density at radius 3 is 2.69 bits per heavy atom. The zero-order valence-corrected chi connectivity index (χ0v) is 18.4. The van der Waals surface area contributed by atoms with Crippen molar-refractivity contribution in [1.29, 1.82) is 0 Å². The first-order valence-electron chi connectivity index (χ1n) is 10.8. The first-order valence-corrected chi connectivity index (χ1v) is 10.8. The van der Waals surface area contributed by atoms with E-state index >= 15 is 0 Å². The van der Waals surface area contributed by atoms with E-state index in [9.17, 15) is 9.59 Å². The maximum absolute atomic E-state index is 12.9. The second-order valence-electron chi connectivity index (χ2n) is 8.12. The number of aromatic nitrogens is 5. The predicted molar refractivity (Wildman–Crippen MR) is 118 cm³/mol. The van der Waals surface area contributed by atoms with Gasteiger partial charge >= 0.3 is 5.69 Å². The molecule has 32 heavy (non-hydrogen) atoms. The molecule has 0 atom stereocenters. The molecule has 1 aliphatic rings. The van der Waals surface area contributed by atoms with Crippen molar-refractivity contribution in [2.45, 2.75) is 32.2 Å². The second-order valence-corrected chi connectivity index (χ2v) is 8.12. The number of hydrogen-bond donors (Lipinski definition) is 1. The molecule has 0 unspecified atom stereocenters. The van der Waals surface area contributed by atoms with Crippen molar-refractivity contribution in [3.63, 3.8) is 0 Å². The molecule has 1 aliphatic carbocycles. The third-order valence-corrected chi connectivity index (χ3v) is 6.01. The lowest BCUT2D eigenvalue weighted by Gasteiger charge is -2.27. The van der Waals surface area contributed by atoms with Gasteiger partial charge in [-0.2, -0.15) is 15.2 Å². The Hall–Kier alpha value is -3.27. The Labute approximate surface area is 185 Å². The van der Waals surface area contributed by atoms with Crippen LogP contribution in [0.25, 0.3) is 11.2 Å². The average molecular weight is 441 g/mol. The summed E-state index contributed by atoms with van der Waals surface area (Å²) in [5.74, 6) is 0.755. The van der Waals surface area contributed by atoms with Crippen LogP contribution in [0.3, 0.4) is 0 Å². The van der Waals surface area contributed by atoms with E-state index in [4.69, 9.17) is 9.47 Å². The molecule has 170 valence electrons. The summed E-state index contributed by atoms with van der Waals surface area (Å²) in [6.45, 7) is 1.44. The summed E-state index contributed by atoms with van der Waals surface area (Å²) < 4.78 is 14.0. The first kappa shape index (κ1) is 21.9. The first-order chi connectivity index (χ1) is 15.6. The smallest absolute Gasteiger partial charge is 0.330 e. The van der Waals surface area contributed by atoms with E-state index in [-0.39, 0.29) is 17.5 Å². The molecule has 0 bridgehead atoms. The number of imidazole rings is 1. The number of pyridine rings is 1. The Morgan fingerprint density at radius 1 is 1.16 bits per heavy atom. The SMILES string of the molecule is COCCOc1ccc2c(n1)n(C[C@H]1CC[C@H](C(=O)Nc3ccnnc3)CC1)c(=O)n2C. The van der Waals surface area contributed by atoms with Crippen LogP contribution in [0.1, 0.15) is 25.7 Å². The van der Waals surface area contributed by atoms with Crippen molar-refractivity contribution in [3.8, 4) is 5.88 Å². The summed E-state index contributed by atoms with van der Waals surface area (Å²) in [4.78, 5) is 30.0. The minimum absolute atomic E-state index is 0.0123. The number of hydrogen-bond acceptors (Lipinski definition) is 7. The Balaban J connectivity index is 1.41. The van der Waals surface area contributed by atoms with Crippen LogP contribution in [0, 0.1) is 11.8 Å². The van der Waals surface area contributed by atoms with Gasteiger partial charge in [-0.05, 0) is 43.7 Å². The number of ether oxygens (including phenoxy) is 2. The number of methoxy groups -OCH3 is 1. The van der Waals surface area contributed by atoms with Crippen molar-refractivity contribution >= 4 is 22.8 Å². The number of nitrogens with one attached hydrogen (secondary N) is 1. The number of anilines is 1. The van der Waals surface area contributed by atoms with Gasteiger partial charge in [0.2, 0.25) is 11.8 Å². The lowest BCUT2D eigenvalue weighted by Crippen LogP contribution is -2.31. The fourth-order valence-corrected chi connectivity index (χ4v) is 4.21. The Kier molecular flexibility index (Phi) is 6.79. The molecule has 3 aromatic rings. The van der Waals surface area contributed by atoms with E-state index < -0.39 is 0 Å². The van der Waals surface area contributed by atoms with Gasteiger partial charge in [0.1, 0.15) is 6.61 Å². The number of amides is 1. The van der Waals surface area contributed by atoms with E-state index in [0.717, 1.165) is 31.2 Å². The van der Waals surface area contributed by atoms with Crippen LogP contribution in [0.15, 0.2) is 35.4 Å². The fourth-order valence-electron chi connectivity index (χ4n) is 4.21. The van der Waals surface area contributed by atoms with E-state index in [0.29, 0.717) is 42.9 Å². The van der Waals surface area contributed by atoms with Crippen molar-refractivity contribution in [1.82, 2.24) is 24.3 Å². The Bertz CT molecular complexity index is 1120. The van der Waals surface area contributed by atoms with Crippen LogP contribution in [0.5, 0.6) is 5.88 Å². The molecule has 0 aliphatic heterocycles. The lowest BCUT2D eigenvalue weighted by molar-refractivity contribution is -0.121. The van der Waals surface area contributed by atoms with Gasteiger partial charge in [0.25, 0.3) is 0 Å². The number of fused-ring (bicyclic) bond motifs is 1. The molecule has 1 amide bonds. The van der Waals surface area contributed by atoms with Gasteiger partial charge in [-0.25, -0.2) is 4.79 Å². The molecule has 4 rings (SSSR count). The third kappa shape index (κ3) is 4.80. The highest BCUT2D eigenvalue weighted by molar-refractivity contribution is 5.92. The summed E-state index contributed by atoms with van der Waals surface area (Å²) in [7, 11) is 3.37. The van der Waals surface area contributed by atoms with Gasteiger partial charge in [0, 0.05) is 32.7 Å². The van der Waals surface area contributed by atoms with Crippen molar-refractivity contribution in [3.05, 3.63) is 41.1 Å². The molecule has 3 aromatic heterocycles. The second kappa shape index (κ2) is 9.90. The van der Waals surface area contributed by atoms with Crippen molar-refractivity contribution in [2.75, 3.05) is 25.6 Å². The van der Waals surface area contributed by atoms with Gasteiger partial charge in [-0.15, -0.1) is 0 Å². The number of nitrogens with zero attached hydrogens (tertiary/aromatic N) is 5. The van der Waals surface area contributed by atoms with Crippen LogP contribution in [-0.4, -0.2) is 50.5 Å². The molecule has 1 saturated carbocycles. The van der Waals surface area contributed by atoms with Crippen molar-refractivity contribution < 1.29 is 14.3 Å². The fraction of sp³-hybridized carbons (Fsp3) is 0.500. The van der Waals surface area contributed by atoms with Gasteiger partial charge < -0.3 is 14.8 Å². The van der Waals surface area contributed by atoms with Crippen molar-refractivity contribution in [2.24, 2.45) is 18.9 Å². The highest BCUT2D eigenvalue weighted by Gasteiger charge is 2.28. The third-order valence-electron chi connectivity index (χ3n) is 6.01. The maximum atomic E-state index is 12.9. The summed E-state index contributed by atoms with van der Waals surface area (Å²) in [5.41, 5.74) is 1.96. The molecular weight excluding hydrogens is 412 g/mol. The summed E-state index contributed by atoms with van der Waals surface area (Å²) in [6.07, 6.45) is 6.41. The summed E-state index contributed by atoms with van der Waals surface area (Å²) in [6, 6.07) is 5.35.